The van der Waals surface area contributed by atoms with Crippen LogP contribution < -0.4 is 16.2 Å². The monoisotopic (exact) mass is 414 g/mol. The van der Waals surface area contributed by atoms with Crippen LogP contribution in [0.4, 0.5) is 5.82 Å². The largest absolute Gasteiger partial charge is 0.345 e. The molecule has 3 N–H and O–H groups in total. The van der Waals surface area contributed by atoms with Gasteiger partial charge < -0.3 is 10.6 Å². The van der Waals surface area contributed by atoms with Gasteiger partial charge in [-0.25, -0.2) is 4.98 Å². The zero-order valence-corrected chi connectivity index (χ0v) is 18.4. The number of carbonyl (C=O) groups is 2. The van der Waals surface area contributed by atoms with Crippen molar-refractivity contribution < 1.29 is 9.59 Å². The Morgan fingerprint density at radius 3 is 2.53 bits per heavy atom. The molecule has 1 aliphatic carbocycles. The van der Waals surface area contributed by atoms with Crippen LogP contribution in [0.25, 0.3) is 5.95 Å². The predicted molar refractivity (Wildman–Crippen MR) is 114 cm³/mol. The molecule has 1 fully saturated rings. The Bertz CT molecular complexity index is 1040. The quantitative estimate of drug-likeness (QED) is 0.665. The maximum absolute atomic E-state index is 12.6. The molecule has 1 aliphatic rings. The van der Waals surface area contributed by atoms with Crippen molar-refractivity contribution in [1.29, 1.82) is 0 Å². The van der Waals surface area contributed by atoms with Crippen LogP contribution in [0.15, 0.2) is 10.9 Å². The van der Waals surface area contributed by atoms with E-state index in [1.807, 2.05) is 0 Å². The smallest absolute Gasteiger partial charge is 0.314 e. The maximum Gasteiger partial charge on any atom is 0.314 e. The van der Waals surface area contributed by atoms with Gasteiger partial charge in [0, 0.05) is 23.4 Å². The summed E-state index contributed by atoms with van der Waals surface area (Å²) in [6.45, 7) is 11.7. The topological polar surface area (TPSA) is 122 Å². The van der Waals surface area contributed by atoms with Crippen LogP contribution in [0.2, 0.25) is 0 Å². The number of rotatable bonds is 3. The molecule has 0 aliphatic heterocycles. The molecular formula is C21H30N6O3. The Hall–Kier alpha value is -2.97. The van der Waals surface area contributed by atoms with Crippen molar-refractivity contribution in [2.24, 2.45) is 11.3 Å². The molecule has 2 atom stereocenters. The first-order chi connectivity index (χ1) is 13.9. The Morgan fingerprint density at radius 2 is 1.90 bits per heavy atom. The highest BCUT2D eigenvalue weighted by Crippen LogP contribution is 2.38. The van der Waals surface area contributed by atoms with E-state index in [0.29, 0.717) is 22.9 Å². The molecule has 2 heterocycles. The van der Waals surface area contributed by atoms with Gasteiger partial charge >= 0.3 is 11.8 Å². The third-order valence-corrected chi connectivity index (χ3v) is 5.58. The van der Waals surface area contributed by atoms with Gasteiger partial charge in [0.2, 0.25) is 5.95 Å². The fourth-order valence-corrected chi connectivity index (χ4v) is 4.36. The first-order valence-corrected chi connectivity index (χ1v) is 10.2. The molecule has 9 nitrogen and oxygen atoms in total. The van der Waals surface area contributed by atoms with E-state index >= 15 is 0 Å². The summed E-state index contributed by atoms with van der Waals surface area (Å²) in [5, 5.41) is 9.74. The van der Waals surface area contributed by atoms with Gasteiger partial charge in [-0.1, -0.05) is 20.8 Å². The number of hydrogen-bond donors (Lipinski definition) is 3. The normalized spacial score (nSPS) is 20.6. The van der Waals surface area contributed by atoms with E-state index in [1.165, 1.54) is 4.68 Å². The number of anilines is 1. The summed E-state index contributed by atoms with van der Waals surface area (Å²) in [4.78, 5) is 44.2. The molecule has 0 radical (unpaired) electrons. The minimum atomic E-state index is -0.779. The Kier molecular flexibility index (Phi) is 5.83. The molecule has 0 saturated heterocycles. The third kappa shape index (κ3) is 4.77. The SMILES string of the molecule is Cc1cc(NC(=O)C(=O)NC2CC(C)CC(C)(C)C2)n(-c2nc(C)c(C)c(=O)[nH]2)n1. The summed E-state index contributed by atoms with van der Waals surface area (Å²) in [5.74, 6) is -0.541. The zero-order valence-electron chi connectivity index (χ0n) is 18.4. The summed E-state index contributed by atoms with van der Waals surface area (Å²) >= 11 is 0. The minimum Gasteiger partial charge on any atom is -0.345 e. The Morgan fingerprint density at radius 1 is 1.20 bits per heavy atom. The van der Waals surface area contributed by atoms with Crippen LogP contribution in [-0.2, 0) is 9.59 Å². The molecule has 2 unspecified atom stereocenters. The van der Waals surface area contributed by atoms with Gasteiger partial charge in [0.1, 0.15) is 5.82 Å². The van der Waals surface area contributed by atoms with Gasteiger partial charge in [0.05, 0.1) is 5.69 Å². The molecule has 2 aromatic heterocycles. The van der Waals surface area contributed by atoms with Gasteiger partial charge in [-0.3, -0.25) is 19.4 Å². The number of nitrogens with zero attached hydrogens (tertiary/aromatic N) is 3. The van der Waals surface area contributed by atoms with Crippen molar-refractivity contribution in [2.75, 3.05) is 5.32 Å². The summed E-state index contributed by atoms with van der Waals surface area (Å²) in [6.07, 6.45) is 2.79. The zero-order chi connectivity index (χ0) is 22.2. The maximum atomic E-state index is 12.6. The van der Waals surface area contributed by atoms with E-state index in [4.69, 9.17) is 0 Å². The standard InChI is InChI=1S/C21H30N6O3/c1-11-7-15(10-21(5,6)9-11)23-18(29)19(30)24-16-8-12(2)26-27(16)20-22-14(4)13(3)17(28)25-20/h8,11,15H,7,9-10H2,1-6H3,(H,23,29)(H,24,30)(H,22,25,28). The van der Waals surface area contributed by atoms with Crippen molar-refractivity contribution in [1.82, 2.24) is 25.1 Å². The van der Waals surface area contributed by atoms with Crippen molar-refractivity contribution >= 4 is 17.6 Å². The molecule has 3 rings (SSSR count). The first kappa shape index (κ1) is 21.7. The van der Waals surface area contributed by atoms with Crippen molar-refractivity contribution in [3.63, 3.8) is 0 Å². The number of H-pyrrole nitrogens is 1. The molecular weight excluding hydrogens is 384 g/mol. The molecule has 0 aromatic carbocycles. The van der Waals surface area contributed by atoms with E-state index in [2.05, 4.69) is 46.5 Å². The summed E-state index contributed by atoms with van der Waals surface area (Å²) in [6, 6.07) is 1.58. The molecule has 2 aromatic rings. The molecule has 9 heteroatoms. The van der Waals surface area contributed by atoms with Crippen molar-refractivity contribution in [3.05, 3.63) is 33.4 Å². The number of carbonyl (C=O) groups excluding carboxylic acids is 2. The van der Waals surface area contributed by atoms with Gasteiger partial charge in [-0.15, -0.1) is 0 Å². The van der Waals surface area contributed by atoms with Crippen LogP contribution >= 0.6 is 0 Å². The van der Waals surface area contributed by atoms with Crippen molar-refractivity contribution in [3.8, 4) is 5.95 Å². The minimum absolute atomic E-state index is 0.0357. The fourth-order valence-electron chi connectivity index (χ4n) is 4.36. The number of aryl methyl sites for hydroxylation is 2. The van der Waals surface area contributed by atoms with E-state index in [9.17, 15) is 14.4 Å². The fraction of sp³-hybridized carbons (Fsp3) is 0.571. The second kappa shape index (κ2) is 8.04. The van der Waals surface area contributed by atoms with E-state index in [-0.39, 0.29) is 28.8 Å². The second-order valence-electron chi connectivity index (χ2n) is 9.22. The van der Waals surface area contributed by atoms with Crippen LogP contribution in [0.3, 0.4) is 0 Å². The predicted octanol–water partition coefficient (Wildman–Crippen LogP) is 2.15. The highest BCUT2D eigenvalue weighted by Gasteiger charge is 2.33. The molecule has 30 heavy (non-hydrogen) atoms. The van der Waals surface area contributed by atoms with Crippen molar-refractivity contribution in [2.45, 2.75) is 66.8 Å². The number of nitrogens with one attached hydrogen (secondary N) is 3. The van der Waals surface area contributed by atoms with Gasteiger partial charge in [0.25, 0.3) is 5.56 Å². The number of amides is 2. The lowest BCUT2D eigenvalue weighted by molar-refractivity contribution is -0.137. The third-order valence-electron chi connectivity index (χ3n) is 5.58. The highest BCUT2D eigenvalue weighted by molar-refractivity contribution is 6.39. The number of aromatic amines is 1. The van der Waals surface area contributed by atoms with Crippen LogP contribution in [0.5, 0.6) is 0 Å². The van der Waals surface area contributed by atoms with E-state index in [0.717, 1.165) is 19.3 Å². The molecule has 0 bridgehead atoms. The van der Waals surface area contributed by atoms with E-state index < -0.39 is 11.8 Å². The van der Waals surface area contributed by atoms with Crippen LogP contribution in [0.1, 0.15) is 57.0 Å². The summed E-state index contributed by atoms with van der Waals surface area (Å²) in [5.41, 5.74) is 1.52. The van der Waals surface area contributed by atoms with Crippen LogP contribution in [-0.4, -0.2) is 37.6 Å². The number of aromatic nitrogens is 4. The second-order valence-corrected chi connectivity index (χ2v) is 9.22. The lowest BCUT2D eigenvalue weighted by atomic mass is 9.70. The van der Waals surface area contributed by atoms with Crippen LogP contribution in [0, 0.1) is 32.1 Å². The average molecular weight is 415 g/mol. The first-order valence-electron chi connectivity index (χ1n) is 10.2. The molecule has 1 saturated carbocycles. The summed E-state index contributed by atoms with van der Waals surface area (Å²) < 4.78 is 1.32. The number of hydrogen-bond acceptors (Lipinski definition) is 5. The average Bonchev–Trinajstić information content (AvgIpc) is 2.97. The molecule has 162 valence electrons. The Labute approximate surface area is 175 Å². The summed E-state index contributed by atoms with van der Waals surface area (Å²) in [7, 11) is 0. The molecule has 0 spiro atoms. The van der Waals surface area contributed by atoms with Gasteiger partial charge in [0.15, 0.2) is 0 Å². The van der Waals surface area contributed by atoms with E-state index in [1.54, 1.807) is 26.8 Å². The lowest BCUT2D eigenvalue weighted by Crippen LogP contribution is -2.46. The van der Waals surface area contributed by atoms with Gasteiger partial charge in [-0.2, -0.15) is 9.78 Å². The molecule has 2 amide bonds. The Balaban J connectivity index is 1.76. The van der Waals surface area contributed by atoms with Gasteiger partial charge in [-0.05, 0) is 51.4 Å². The lowest BCUT2D eigenvalue weighted by Gasteiger charge is -2.39. The highest BCUT2D eigenvalue weighted by atomic mass is 16.2.